The van der Waals surface area contributed by atoms with Gasteiger partial charge in [0, 0.05) is 29.9 Å². The Bertz CT molecular complexity index is 828. The summed E-state index contributed by atoms with van der Waals surface area (Å²) in [5.74, 6) is 1.28. The highest BCUT2D eigenvalue weighted by Gasteiger charge is 2.24. The molecule has 0 saturated carbocycles. The molecule has 0 aliphatic carbocycles. The molecule has 1 aliphatic heterocycles. The molecule has 2 amide bonds. The first kappa shape index (κ1) is 19.0. The largest absolute Gasteiger partial charge is 0.497 e. The van der Waals surface area contributed by atoms with Crippen molar-refractivity contribution in [1.82, 2.24) is 0 Å². The van der Waals surface area contributed by atoms with E-state index in [4.69, 9.17) is 4.74 Å². The second kappa shape index (κ2) is 8.25. The number of carbonyl (C=O) groups excluding carboxylic acids is 2. The van der Waals surface area contributed by atoms with E-state index in [9.17, 15) is 9.59 Å². The number of nitrogens with one attached hydrogen (secondary N) is 1. The molecule has 5 heteroatoms. The van der Waals surface area contributed by atoms with Gasteiger partial charge < -0.3 is 15.0 Å². The quantitative estimate of drug-likeness (QED) is 0.830. The number of benzene rings is 2. The number of hydrogen-bond donors (Lipinski definition) is 1. The summed E-state index contributed by atoms with van der Waals surface area (Å²) in [5.41, 5.74) is 3.38. The van der Waals surface area contributed by atoms with Crippen molar-refractivity contribution in [2.45, 2.75) is 33.1 Å². The van der Waals surface area contributed by atoms with Gasteiger partial charge in [-0.2, -0.15) is 0 Å². The maximum Gasteiger partial charge on any atom is 0.255 e. The molecule has 0 radical (unpaired) electrons. The number of aryl methyl sites for hydroxylation is 1. The maximum absolute atomic E-state index is 12.5. The molecule has 0 unspecified atom stereocenters. The molecular weight excluding hydrogens is 340 g/mol. The third-order valence-corrected chi connectivity index (χ3v) is 4.82. The van der Waals surface area contributed by atoms with E-state index in [0.717, 1.165) is 29.9 Å². The van der Waals surface area contributed by atoms with Crippen LogP contribution in [0.5, 0.6) is 5.75 Å². The summed E-state index contributed by atoms with van der Waals surface area (Å²) in [6, 6.07) is 12.8. The zero-order valence-electron chi connectivity index (χ0n) is 16.1. The van der Waals surface area contributed by atoms with Gasteiger partial charge in [0.25, 0.3) is 5.91 Å². The minimum Gasteiger partial charge on any atom is -0.497 e. The number of anilines is 2. The van der Waals surface area contributed by atoms with Crippen molar-refractivity contribution in [2.75, 3.05) is 23.9 Å². The van der Waals surface area contributed by atoms with Crippen LogP contribution in [0.3, 0.4) is 0 Å². The molecule has 142 valence electrons. The van der Waals surface area contributed by atoms with Crippen LogP contribution in [0, 0.1) is 5.92 Å². The minimum absolute atomic E-state index is 0.166. The van der Waals surface area contributed by atoms with E-state index in [-0.39, 0.29) is 11.8 Å². The van der Waals surface area contributed by atoms with E-state index < -0.39 is 0 Å². The zero-order chi connectivity index (χ0) is 19.4. The molecule has 0 fully saturated rings. The predicted octanol–water partition coefficient (Wildman–Crippen LogP) is 4.27. The fraction of sp³-hybridized carbons (Fsp3) is 0.364. The number of rotatable bonds is 6. The van der Waals surface area contributed by atoms with Crippen LogP contribution in [-0.4, -0.2) is 25.5 Å². The molecule has 0 atom stereocenters. The molecule has 0 spiro atoms. The van der Waals surface area contributed by atoms with Crippen LogP contribution in [-0.2, 0) is 11.2 Å². The fourth-order valence-electron chi connectivity index (χ4n) is 3.22. The molecule has 0 aromatic heterocycles. The normalized spacial score (nSPS) is 13.5. The average molecular weight is 366 g/mol. The first-order valence-electron chi connectivity index (χ1n) is 9.36. The lowest BCUT2D eigenvalue weighted by Gasteiger charge is -2.30. The molecule has 2 aromatic carbocycles. The first-order valence-corrected chi connectivity index (χ1v) is 9.36. The van der Waals surface area contributed by atoms with Crippen LogP contribution < -0.4 is 15.0 Å². The summed E-state index contributed by atoms with van der Waals surface area (Å²) in [5, 5.41) is 2.94. The molecule has 5 nitrogen and oxygen atoms in total. The third kappa shape index (κ3) is 4.48. The Morgan fingerprint density at radius 3 is 2.56 bits per heavy atom. The highest BCUT2D eigenvalue weighted by molar-refractivity contribution is 6.05. The summed E-state index contributed by atoms with van der Waals surface area (Å²) in [4.78, 5) is 26.7. The SMILES string of the molecule is COc1ccc(C(=O)Nc2ccc3c(c2)CCC(=O)N3CCC(C)C)cc1. The van der Waals surface area contributed by atoms with Crippen molar-refractivity contribution in [1.29, 1.82) is 0 Å². The van der Waals surface area contributed by atoms with Crippen molar-refractivity contribution in [3.8, 4) is 5.75 Å². The molecule has 1 aliphatic rings. The van der Waals surface area contributed by atoms with Gasteiger partial charge >= 0.3 is 0 Å². The van der Waals surface area contributed by atoms with Gasteiger partial charge in [0.05, 0.1) is 7.11 Å². The maximum atomic E-state index is 12.5. The van der Waals surface area contributed by atoms with E-state index in [0.29, 0.717) is 30.1 Å². The Morgan fingerprint density at radius 1 is 1.15 bits per heavy atom. The Labute approximate surface area is 160 Å². The van der Waals surface area contributed by atoms with Crippen LogP contribution >= 0.6 is 0 Å². The van der Waals surface area contributed by atoms with Crippen molar-refractivity contribution >= 4 is 23.2 Å². The van der Waals surface area contributed by atoms with Gasteiger partial charge in [-0.3, -0.25) is 9.59 Å². The number of methoxy groups -OCH3 is 1. The highest BCUT2D eigenvalue weighted by Crippen LogP contribution is 2.31. The Hall–Kier alpha value is -2.82. The van der Waals surface area contributed by atoms with E-state index in [2.05, 4.69) is 19.2 Å². The highest BCUT2D eigenvalue weighted by atomic mass is 16.5. The van der Waals surface area contributed by atoms with Gasteiger partial charge in [0.2, 0.25) is 5.91 Å². The smallest absolute Gasteiger partial charge is 0.255 e. The summed E-state index contributed by atoms with van der Waals surface area (Å²) < 4.78 is 5.12. The molecule has 0 bridgehead atoms. The summed E-state index contributed by atoms with van der Waals surface area (Å²) in [7, 11) is 1.59. The zero-order valence-corrected chi connectivity index (χ0v) is 16.1. The van der Waals surface area contributed by atoms with Crippen molar-refractivity contribution in [3.05, 3.63) is 53.6 Å². The van der Waals surface area contributed by atoms with Gasteiger partial charge in [0.15, 0.2) is 0 Å². The number of amides is 2. The minimum atomic E-state index is -0.166. The average Bonchev–Trinajstić information content (AvgIpc) is 2.67. The number of ether oxygens (including phenoxy) is 1. The number of nitrogens with zero attached hydrogens (tertiary/aromatic N) is 1. The Balaban J connectivity index is 1.75. The lowest BCUT2D eigenvalue weighted by Crippen LogP contribution is -2.36. The monoisotopic (exact) mass is 366 g/mol. The number of hydrogen-bond acceptors (Lipinski definition) is 3. The van der Waals surface area contributed by atoms with Crippen LogP contribution in [0.1, 0.15) is 42.6 Å². The number of fused-ring (bicyclic) bond motifs is 1. The molecule has 27 heavy (non-hydrogen) atoms. The van der Waals surface area contributed by atoms with Crippen LogP contribution in [0.2, 0.25) is 0 Å². The van der Waals surface area contributed by atoms with Gasteiger partial charge in [0.1, 0.15) is 5.75 Å². The van der Waals surface area contributed by atoms with Crippen LogP contribution in [0.15, 0.2) is 42.5 Å². The lowest BCUT2D eigenvalue weighted by molar-refractivity contribution is -0.118. The molecule has 2 aromatic rings. The van der Waals surface area contributed by atoms with Gasteiger partial charge in [-0.15, -0.1) is 0 Å². The fourth-order valence-corrected chi connectivity index (χ4v) is 3.22. The van der Waals surface area contributed by atoms with E-state index in [1.165, 1.54) is 0 Å². The molecule has 1 N–H and O–H groups in total. The second-order valence-electron chi connectivity index (χ2n) is 7.25. The second-order valence-corrected chi connectivity index (χ2v) is 7.25. The van der Waals surface area contributed by atoms with Crippen LogP contribution in [0.4, 0.5) is 11.4 Å². The summed E-state index contributed by atoms with van der Waals surface area (Å²) >= 11 is 0. The van der Waals surface area contributed by atoms with Crippen molar-refractivity contribution in [3.63, 3.8) is 0 Å². The predicted molar refractivity (Wildman–Crippen MR) is 108 cm³/mol. The molecular formula is C22H26N2O3. The van der Waals surface area contributed by atoms with E-state index in [1.807, 2.05) is 23.1 Å². The van der Waals surface area contributed by atoms with Crippen LogP contribution in [0.25, 0.3) is 0 Å². The first-order chi connectivity index (χ1) is 13.0. The molecule has 1 heterocycles. The lowest BCUT2D eigenvalue weighted by atomic mass is 9.99. The summed E-state index contributed by atoms with van der Waals surface area (Å²) in [6.45, 7) is 5.06. The van der Waals surface area contributed by atoms with Gasteiger partial charge in [-0.05, 0) is 66.8 Å². The van der Waals surface area contributed by atoms with Gasteiger partial charge in [-0.25, -0.2) is 0 Å². The van der Waals surface area contributed by atoms with Crippen molar-refractivity contribution in [2.24, 2.45) is 5.92 Å². The topological polar surface area (TPSA) is 58.6 Å². The van der Waals surface area contributed by atoms with Crippen molar-refractivity contribution < 1.29 is 14.3 Å². The standard InChI is InChI=1S/C22H26N2O3/c1-15(2)12-13-24-20-10-7-18(14-17(20)6-11-21(24)25)23-22(26)16-4-8-19(27-3)9-5-16/h4-5,7-10,14-15H,6,11-13H2,1-3H3,(H,23,26). The van der Waals surface area contributed by atoms with E-state index >= 15 is 0 Å². The van der Waals surface area contributed by atoms with Gasteiger partial charge in [-0.1, -0.05) is 13.8 Å². The Morgan fingerprint density at radius 2 is 1.89 bits per heavy atom. The molecule has 3 rings (SSSR count). The Kier molecular flexibility index (Phi) is 5.79. The molecule has 0 saturated heterocycles. The number of carbonyl (C=O) groups is 2. The van der Waals surface area contributed by atoms with E-state index in [1.54, 1.807) is 31.4 Å². The third-order valence-electron chi connectivity index (χ3n) is 4.82. The summed E-state index contributed by atoms with van der Waals surface area (Å²) in [6.07, 6.45) is 2.20.